The average Bonchev–Trinajstić information content (AvgIpc) is 2.51. The van der Waals surface area contributed by atoms with Crippen LogP contribution in [-0.4, -0.2) is 17.9 Å². The molecule has 0 spiro atoms. The van der Waals surface area contributed by atoms with E-state index in [1.54, 1.807) is 19.5 Å². The lowest BCUT2D eigenvalue weighted by molar-refractivity contribution is 0.102. The van der Waals surface area contributed by atoms with Crippen molar-refractivity contribution in [1.29, 1.82) is 0 Å². The molecule has 0 fully saturated rings. The number of aromatic nitrogens is 1. The first kappa shape index (κ1) is 12.6. The summed E-state index contributed by atoms with van der Waals surface area (Å²) < 4.78 is 5.20. The van der Waals surface area contributed by atoms with Gasteiger partial charge in [-0.25, -0.2) is 0 Å². The van der Waals surface area contributed by atoms with Gasteiger partial charge in [0.05, 0.1) is 7.11 Å². The Morgan fingerprint density at radius 2 is 2.15 bits per heavy atom. The van der Waals surface area contributed by atoms with E-state index < -0.39 is 0 Å². The maximum atomic E-state index is 12.5. The zero-order chi connectivity index (χ0) is 13.9. The van der Waals surface area contributed by atoms with E-state index in [4.69, 9.17) is 4.74 Å². The number of fused-ring (bicyclic) bond motifs is 1. The van der Waals surface area contributed by atoms with Crippen molar-refractivity contribution in [3.8, 4) is 5.75 Å². The minimum absolute atomic E-state index is 0.0917. The number of aryl methyl sites for hydroxylation is 1. The van der Waals surface area contributed by atoms with Crippen LogP contribution < -0.4 is 4.74 Å². The number of benzene rings is 1. The van der Waals surface area contributed by atoms with Crippen molar-refractivity contribution in [2.75, 3.05) is 7.11 Å². The van der Waals surface area contributed by atoms with Gasteiger partial charge in [-0.05, 0) is 48.2 Å². The largest absolute Gasteiger partial charge is 0.497 e. The molecular weight excluding hydrogens is 250 g/mol. The Balaban J connectivity index is 1.98. The number of ketones is 1. The minimum atomic E-state index is 0.0917. The molecule has 1 heterocycles. The van der Waals surface area contributed by atoms with E-state index >= 15 is 0 Å². The van der Waals surface area contributed by atoms with Gasteiger partial charge < -0.3 is 4.74 Å². The Morgan fingerprint density at radius 1 is 1.25 bits per heavy atom. The molecule has 0 saturated carbocycles. The highest BCUT2D eigenvalue weighted by Gasteiger charge is 2.22. The van der Waals surface area contributed by atoms with Crippen LogP contribution in [0.15, 0.2) is 48.3 Å². The monoisotopic (exact) mass is 265 g/mol. The molecule has 0 aliphatic heterocycles. The minimum Gasteiger partial charge on any atom is -0.497 e. The first-order chi connectivity index (χ1) is 9.78. The van der Waals surface area contributed by atoms with Crippen molar-refractivity contribution < 1.29 is 9.53 Å². The molecule has 1 aromatic heterocycles. The molecule has 2 aromatic rings. The molecule has 0 unspecified atom stereocenters. The Hall–Kier alpha value is -2.42. The van der Waals surface area contributed by atoms with Crippen LogP contribution in [0.1, 0.15) is 27.9 Å². The van der Waals surface area contributed by atoms with Gasteiger partial charge in [0.15, 0.2) is 5.78 Å². The number of nitrogens with zero attached hydrogens (tertiary/aromatic N) is 1. The highest BCUT2D eigenvalue weighted by Crippen LogP contribution is 2.29. The number of pyridine rings is 1. The van der Waals surface area contributed by atoms with Crippen molar-refractivity contribution >= 4 is 11.9 Å². The molecule has 0 saturated heterocycles. The lowest BCUT2D eigenvalue weighted by Gasteiger charge is -2.18. The fourth-order valence-electron chi connectivity index (χ4n) is 2.47. The topological polar surface area (TPSA) is 39.2 Å². The summed E-state index contributed by atoms with van der Waals surface area (Å²) in [6, 6.07) is 9.54. The van der Waals surface area contributed by atoms with Crippen LogP contribution in [0.25, 0.3) is 6.08 Å². The van der Waals surface area contributed by atoms with Gasteiger partial charge in [0.25, 0.3) is 0 Å². The van der Waals surface area contributed by atoms with E-state index in [-0.39, 0.29) is 5.78 Å². The number of rotatable bonds is 2. The second-order valence-corrected chi connectivity index (χ2v) is 4.81. The fourth-order valence-corrected chi connectivity index (χ4v) is 2.47. The summed E-state index contributed by atoms with van der Waals surface area (Å²) in [6.45, 7) is 0. The summed E-state index contributed by atoms with van der Waals surface area (Å²) >= 11 is 0. The predicted molar refractivity (Wildman–Crippen MR) is 77.9 cm³/mol. The molecule has 1 aliphatic rings. The van der Waals surface area contributed by atoms with Crippen molar-refractivity contribution in [1.82, 2.24) is 4.98 Å². The first-order valence-corrected chi connectivity index (χ1v) is 6.60. The SMILES string of the molecule is COc1ccc2c(c1)C(=O)/C(=C\c1cccnc1)CC2. The lowest BCUT2D eigenvalue weighted by Crippen LogP contribution is -2.14. The molecule has 0 atom stereocenters. The molecule has 1 aromatic carbocycles. The van der Waals surface area contributed by atoms with Gasteiger partial charge in [-0.3, -0.25) is 9.78 Å². The molecule has 20 heavy (non-hydrogen) atoms. The summed E-state index contributed by atoms with van der Waals surface area (Å²) in [5.41, 5.74) is 3.64. The Labute approximate surface area is 117 Å². The maximum Gasteiger partial charge on any atom is 0.189 e. The van der Waals surface area contributed by atoms with Crippen LogP contribution in [0.5, 0.6) is 5.75 Å². The van der Waals surface area contributed by atoms with Gasteiger partial charge in [0, 0.05) is 23.5 Å². The summed E-state index contributed by atoms with van der Waals surface area (Å²) in [4.78, 5) is 16.6. The number of hydrogen-bond donors (Lipinski definition) is 0. The highest BCUT2D eigenvalue weighted by molar-refractivity contribution is 6.13. The molecule has 0 bridgehead atoms. The molecule has 0 radical (unpaired) electrons. The van der Waals surface area contributed by atoms with E-state index in [0.717, 1.165) is 40.9 Å². The highest BCUT2D eigenvalue weighted by atomic mass is 16.5. The second-order valence-electron chi connectivity index (χ2n) is 4.81. The number of Topliss-reactive ketones (excluding diaryl/α,β-unsaturated/α-hetero) is 1. The Kier molecular flexibility index (Phi) is 3.33. The number of methoxy groups -OCH3 is 1. The molecule has 3 rings (SSSR count). The van der Waals surface area contributed by atoms with Crippen molar-refractivity contribution in [2.24, 2.45) is 0 Å². The summed E-state index contributed by atoms with van der Waals surface area (Å²) in [6.07, 6.45) is 7.08. The number of allylic oxidation sites excluding steroid dienone is 1. The van der Waals surface area contributed by atoms with E-state index in [1.807, 2.05) is 36.4 Å². The number of carbonyl (C=O) groups is 1. The van der Waals surface area contributed by atoms with E-state index in [0.29, 0.717) is 0 Å². The Morgan fingerprint density at radius 3 is 2.90 bits per heavy atom. The second kappa shape index (κ2) is 5.29. The zero-order valence-corrected chi connectivity index (χ0v) is 11.3. The van der Waals surface area contributed by atoms with Gasteiger partial charge in [-0.15, -0.1) is 0 Å². The zero-order valence-electron chi connectivity index (χ0n) is 11.3. The van der Waals surface area contributed by atoms with Gasteiger partial charge in [0.2, 0.25) is 0 Å². The van der Waals surface area contributed by atoms with Gasteiger partial charge in [-0.1, -0.05) is 12.1 Å². The third-order valence-corrected chi connectivity index (χ3v) is 3.54. The van der Waals surface area contributed by atoms with Crippen molar-refractivity contribution in [3.63, 3.8) is 0 Å². The van der Waals surface area contributed by atoms with Crippen LogP contribution in [0.2, 0.25) is 0 Å². The van der Waals surface area contributed by atoms with Gasteiger partial charge >= 0.3 is 0 Å². The van der Waals surface area contributed by atoms with Crippen molar-refractivity contribution in [3.05, 3.63) is 65.0 Å². The quantitative estimate of drug-likeness (QED) is 0.782. The van der Waals surface area contributed by atoms with Crippen LogP contribution in [0.4, 0.5) is 0 Å². The maximum absolute atomic E-state index is 12.5. The van der Waals surface area contributed by atoms with E-state index in [2.05, 4.69) is 4.98 Å². The lowest BCUT2D eigenvalue weighted by atomic mass is 9.86. The molecule has 3 nitrogen and oxygen atoms in total. The molecule has 1 aliphatic carbocycles. The average molecular weight is 265 g/mol. The van der Waals surface area contributed by atoms with Crippen LogP contribution in [-0.2, 0) is 6.42 Å². The van der Waals surface area contributed by atoms with Crippen LogP contribution >= 0.6 is 0 Å². The molecule has 0 N–H and O–H groups in total. The molecule has 100 valence electrons. The Bertz CT molecular complexity index is 675. The number of ether oxygens (including phenoxy) is 1. The van der Waals surface area contributed by atoms with Crippen LogP contribution in [0.3, 0.4) is 0 Å². The number of hydrogen-bond acceptors (Lipinski definition) is 3. The van der Waals surface area contributed by atoms with Crippen molar-refractivity contribution in [2.45, 2.75) is 12.8 Å². The van der Waals surface area contributed by atoms with Crippen LogP contribution in [0, 0.1) is 0 Å². The molecular formula is C17H15NO2. The van der Waals surface area contributed by atoms with E-state index in [1.165, 1.54) is 0 Å². The van der Waals surface area contributed by atoms with Gasteiger partial charge in [0.1, 0.15) is 5.75 Å². The van der Waals surface area contributed by atoms with Gasteiger partial charge in [-0.2, -0.15) is 0 Å². The molecule has 3 heteroatoms. The van der Waals surface area contributed by atoms with E-state index in [9.17, 15) is 4.79 Å². The first-order valence-electron chi connectivity index (χ1n) is 6.60. The third kappa shape index (κ3) is 2.35. The summed E-state index contributed by atoms with van der Waals surface area (Å²) in [7, 11) is 1.61. The smallest absolute Gasteiger partial charge is 0.189 e. The summed E-state index contributed by atoms with van der Waals surface area (Å²) in [5, 5.41) is 0. The summed E-state index contributed by atoms with van der Waals surface area (Å²) in [5.74, 6) is 0.814. The fraction of sp³-hybridized carbons (Fsp3) is 0.176. The normalized spacial score (nSPS) is 16.1. The number of carbonyl (C=O) groups excluding carboxylic acids is 1. The third-order valence-electron chi connectivity index (χ3n) is 3.54. The predicted octanol–water partition coefficient (Wildman–Crippen LogP) is 3.30. The standard InChI is InChI=1S/C17H15NO2/c1-20-15-7-6-13-4-5-14(17(19)16(13)10-15)9-12-3-2-8-18-11-12/h2-3,6-11H,4-5H2,1H3/b14-9-. The molecule has 0 amide bonds.